The van der Waals surface area contributed by atoms with E-state index in [0.717, 1.165) is 11.4 Å². The highest BCUT2D eigenvalue weighted by Crippen LogP contribution is 2.20. The van der Waals surface area contributed by atoms with E-state index in [1.165, 1.54) is 0 Å². The minimum Gasteiger partial charge on any atom is -0.393 e. The van der Waals surface area contributed by atoms with Crippen LogP contribution >= 0.6 is 0 Å². The number of hydrogen-bond acceptors (Lipinski definition) is 3. The zero-order valence-electron chi connectivity index (χ0n) is 14.7. The molecule has 5 heteroatoms. The average molecular weight is 349 g/mol. The van der Waals surface area contributed by atoms with Crippen LogP contribution in [0.25, 0.3) is 5.82 Å². The van der Waals surface area contributed by atoms with Gasteiger partial charge in [-0.1, -0.05) is 30.3 Å². The minimum absolute atomic E-state index is 0.0623. The first kappa shape index (κ1) is 17.9. The number of aromatic nitrogens is 2. The molecule has 26 heavy (non-hydrogen) atoms. The van der Waals surface area contributed by atoms with Gasteiger partial charge < -0.3 is 15.0 Å². The van der Waals surface area contributed by atoms with E-state index in [1.807, 2.05) is 65.5 Å². The van der Waals surface area contributed by atoms with Gasteiger partial charge in [-0.25, -0.2) is 4.98 Å². The molecule has 0 saturated carbocycles. The Kier molecular flexibility index (Phi) is 5.81. The minimum atomic E-state index is -0.431. The Bertz CT molecular complexity index is 812. The molecule has 0 aliphatic heterocycles. The number of aliphatic hydroxyl groups excluding tert-OH is 1. The zero-order chi connectivity index (χ0) is 18.4. The Hall–Kier alpha value is -2.92. The zero-order valence-corrected chi connectivity index (χ0v) is 14.7. The molecule has 2 unspecified atom stereocenters. The monoisotopic (exact) mass is 349 g/mol. The normalized spacial score (nSPS) is 13.2. The van der Waals surface area contributed by atoms with E-state index < -0.39 is 6.10 Å². The topological polar surface area (TPSA) is 67.2 Å². The van der Waals surface area contributed by atoms with Gasteiger partial charge in [0.05, 0.1) is 11.7 Å². The van der Waals surface area contributed by atoms with Gasteiger partial charge in [0.25, 0.3) is 5.91 Å². The summed E-state index contributed by atoms with van der Waals surface area (Å²) in [4.78, 5) is 16.8. The van der Waals surface area contributed by atoms with Crippen LogP contribution < -0.4 is 5.32 Å². The van der Waals surface area contributed by atoms with Gasteiger partial charge in [-0.2, -0.15) is 0 Å². The molecule has 0 fully saturated rings. The standard InChI is InChI=1S/C21H23N3O2/c1-16(25)13-19(17-7-3-2-4-8-17)15-23-21(26)18-9-10-20(22-14-18)24-11-5-6-12-24/h2-12,14,16,19,25H,13,15H2,1H3,(H,23,26). The van der Waals surface area contributed by atoms with Crippen molar-refractivity contribution >= 4 is 5.91 Å². The highest BCUT2D eigenvalue weighted by Gasteiger charge is 2.16. The fraction of sp³-hybridized carbons (Fsp3) is 0.238. The number of nitrogens with one attached hydrogen (secondary N) is 1. The molecular weight excluding hydrogens is 326 g/mol. The fourth-order valence-electron chi connectivity index (χ4n) is 2.95. The van der Waals surface area contributed by atoms with Crippen molar-refractivity contribution in [2.24, 2.45) is 0 Å². The van der Waals surface area contributed by atoms with Crippen LogP contribution in [0.15, 0.2) is 73.2 Å². The predicted octanol–water partition coefficient (Wildman–Crippen LogP) is 3.16. The van der Waals surface area contributed by atoms with E-state index >= 15 is 0 Å². The summed E-state index contributed by atoms with van der Waals surface area (Å²) in [6.07, 6.45) is 5.55. The summed E-state index contributed by atoms with van der Waals surface area (Å²) in [5.41, 5.74) is 1.62. The van der Waals surface area contributed by atoms with E-state index in [0.29, 0.717) is 18.5 Å². The van der Waals surface area contributed by atoms with Gasteiger partial charge in [0, 0.05) is 31.1 Å². The molecule has 5 nitrogen and oxygen atoms in total. The third kappa shape index (κ3) is 4.58. The lowest BCUT2D eigenvalue weighted by atomic mass is 9.93. The van der Waals surface area contributed by atoms with Gasteiger partial charge >= 0.3 is 0 Å². The van der Waals surface area contributed by atoms with E-state index in [9.17, 15) is 9.90 Å². The van der Waals surface area contributed by atoms with Crippen molar-refractivity contribution in [3.05, 3.63) is 84.3 Å². The second-order valence-electron chi connectivity index (χ2n) is 6.40. The molecule has 2 N–H and O–H groups in total. The molecule has 2 atom stereocenters. The number of pyridine rings is 1. The maximum atomic E-state index is 12.4. The molecule has 2 heterocycles. The van der Waals surface area contributed by atoms with E-state index in [2.05, 4.69) is 10.3 Å². The summed E-state index contributed by atoms with van der Waals surface area (Å²) in [6, 6.07) is 17.4. The van der Waals surface area contributed by atoms with Gasteiger partial charge in [-0.05, 0) is 43.2 Å². The lowest BCUT2D eigenvalue weighted by Crippen LogP contribution is -2.29. The van der Waals surface area contributed by atoms with Crippen LogP contribution in [-0.4, -0.2) is 33.2 Å². The lowest BCUT2D eigenvalue weighted by molar-refractivity contribution is 0.0945. The van der Waals surface area contributed by atoms with Crippen molar-refractivity contribution in [2.75, 3.05) is 6.54 Å². The number of carbonyl (C=O) groups is 1. The van der Waals surface area contributed by atoms with Gasteiger partial charge in [0.15, 0.2) is 0 Å². The average Bonchev–Trinajstić information content (AvgIpc) is 3.20. The van der Waals surface area contributed by atoms with Crippen molar-refractivity contribution in [2.45, 2.75) is 25.4 Å². The fourth-order valence-corrected chi connectivity index (χ4v) is 2.95. The molecule has 0 saturated heterocycles. The van der Waals surface area contributed by atoms with Crippen molar-refractivity contribution in [3.8, 4) is 5.82 Å². The van der Waals surface area contributed by atoms with Crippen LogP contribution in [0.4, 0.5) is 0 Å². The third-order valence-electron chi connectivity index (χ3n) is 4.28. The molecule has 0 bridgehead atoms. The first-order valence-corrected chi connectivity index (χ1v) is 8.74. The molecule has 2 aromatic heterocycles. The Balaban J connectivity index is 1.64. The van der Waals surface area contributed by atoms with Crippen LogP contribution in [0.5, 0.6) is 0 Å². The number of aliphatic hydroxyl groups is 1. The first-order chi connectivity index (χ1) is 12.6. The molecule has 1 amide bonds. The SMILES string of the molecule is CC(O)CC(CNC(=O)c1ccc(-n2cccc2)nc1)c1ccccc1. The Morgan fingerprint density at radius 2 is 1.85 bits per heavy atom. The van der Waals surface area contributed by atoms with Crippen LogP contribution in [-0.2, 0) is 0 Å². The molecule has 0 aliphatic carbocycles. The summed E-state index contributed by atoms with van der Waals surface area (Å²) in [7, 11) is 0. The summed E-state index contributed by atoms with van der Waals surface area (Å²) < 4.78 is 1.88. The molecule has 0 aliphatic rings. The maximum Gasteiger partial charge on any atom is 0.252 e. The lowest BCUT2D eigenvalue weighted by Gasteiger charge is -2.19. The third-order valence-corrected chi connectivity index (χ3v) is 4.28. The van der Waals surface area contributed by atoms with Gasteiger partial charge in [-0.15, -0.1) is 0 Å². The first-order valence-electron chi connectivity index (χ1n) is 8.74. The highest BCUT2D eigenvalue weighted by atomic mass is 16.3. The van der Waals surface area contributed by atoms with Crippen molar-refractivity contribution in [1.29, 1.82) is 0 Å². The van der Waals surface area contributed by atoms with E-state index in [1.54, 1.807) is 19.2 Å². The number of carbonyl (C=O) groups excluding carboxylic acids is 1. The Morgan fingerprint density at radius 1 is 1.12 bits per heavy atom. The molecule has 0 spiro atoms. The van der Waals surface area contributed by atoms with Crippen molar-refractivity contribution in [3.63, 3.8) is 0 Å². The van der Waals surface area contributed by atoms with E-state index in [4.69, 9.17) is 0 Å². The van der Waals surface area contributed by atoms with Crippen LogP contribution in [0.1, 0.15) is 35.2 Å². The van der Waals surface area contributed by atoms with Crippen molar-refractivity contribution < 1.29 is 9.90 Å². The molecule has 3 rings (SSSR count). The van der Waals surface area contributed by atoms with Gasteiger partial charge in [0.1, 0.15) is 5.82 Å². The van der Waals surface area contributed by atoms with Crippen molar-refractivity contribution in [1.82, 2.24) is 14.9 Å². The molecule has 0 radical (unpaired) electrons. The Labute approximate surface area is 153 Å². The Morgan fingerprint density at radius 3 is 2.46 bits per heavy atom. The smallest absolute Gasteiger partial charge is 0.252 e. The van der Waals surface area contributed by atoms with Crippen LogP contribution in [0.2, 0.25) is 0 Å². The van der Waals surface area contributed by atoms with Crippen LogP contribution in [0.3, 0.4) is 0 Å². The summed E-state index contributed by atoms with van der Waals surface area (Å²) in [5, 5.41) is 12.7. The number of nitrogens with zero attached hydrogens (tertiary/aromatic N) is 2. The number of rotatable bonds is 7. The van der Waals surface area contributed by atoms with Gasteiger partial charge in [-0.3, -0.25) is 4.79 Å². The molecule has 134 valence electrons. The molecule has 3 aromatic rings. The predicted molar refractivity (Wildman–Crippen MR) is 101 cm³/mol. The van der Waals surface area contributed by atoms with Gasteiger partial charge in [0.2, 0.25) is 0 Å². The second kappa shape index (κ2) is 8.45. The van der Waals surface area contributed by atoms with E-state index in [-0.39, 0.29) is 11.8 Å². The second-order valence-corrected chi connectivity index (χ2v) is 6.40. The number of benzene rings is 1. The molecular formula is C21H23N3O2. The summed E-state index contributed by atoms with van der Waals surface area (Å²) >= 11 is 0. The summed E-state index contributed by atoms with van der Waals surface area (Å²) in [6.45, 7) is 2.23. The van der Waals surface area contributed by atoms with Crippen LogP contribution in [0, 0.1) is 0 Å². The summed E-state index contributed by atoms with van der Waals surface area (Å²) in [5.74, 6) is 0.665. The molecule has 1 aromatic carbocycles. The quantitative estimate of drug-likeness (QED) is 0.688. The largest absolute Gasteiger partial charge is 0.393 e. The number of hydrogen-bond donors (Lipinski definition) is 2. The highest BCUT2D eigenvalue weighted by molar-refractivity contribution is 5.93. The number of amides is 1. The maximum absolute atomic E-state index is 12.4.